The van der Waals surface area contributed by atoms with E-state index in [0.29, 0.717) is 11.1 Å². The van der Waals surface area contributed by atoms with Crippen LogP contribution in [0.5, 0.6) is 0 Å². The smallest absolute Gasteiger partial charge is 0.337 e. The van der Waals surface area contributed by atoms with Crippen LogP contribution in [0, 0.1) is 10.1 Å². The third-order valence-electron chi connectivity index (χ3n) is 2.04. The molecule has 0 fully saturated rings. The van der Waals surface area contributed by atoms with E-state index in [0.717, 1.165) is 0 Å². The summed E-state index contributed by atoms with van der Waals surface area (Å²) in [5, 5.41) is 19.6. The van der Waals surface area contributed by atoms with Crippen molar-refractivity contribution < 1.29 is 19.6 Å². The van der Waals surface area contributed by atoms with Crippen LogP contribution in [0.15, 0.2) is 24.3 Å². The van der Waals surface area contributed by atoms with Crippen LogP contribution in [0.2, 0.25) is 0 Å². The second-order valence-electron chi connectivity index (χ2n) is 3.14. The highest BCUT2D eigenvalue weighted by molar-refractivity contribution is 5.89. The van der Waals surface area contributed by atoms with Crippen molar-refractivity contribution in [2.24, 2.45) is 0 Å². The predicted molar refractivity (Wildman–Crippen MR) is 54.6 cm³/mol. The Kier molecular flexibility index (Phi) is 3.96. The molecular formula is C10H11NO5. The molecule has 0 radical (unpaired) electrons. The number of carbonyl (C=O) groups is 1. The van der Waals surface area contributed by atoms with Gasteiger partial charge in [0, 0.05) is 4.92 Å². The number of methoxy groups -OCH3 is 1. The number of hydrogen-bond donors (Lipinski definition) is 1. The van der Waals surface area contributed by atoms with Gasteiger partial charge in [-0.3, -0.25) is 10.1 Å². The average molecular weight is 225 g/mol. The van der Waals surface area contributed by atoms with E-state index < -0.39 is 23.5 Å². The maximum Gasteiger partial charge on any atom is 0.337 e. The van der Waals surface area contributed by atoms with E-state index in [1.165, 1.54) is 31.4 Å². The topological polar surface area (TPSA) is 89.7 Å². The molecule has 16 heavy (non-hydrogen) atoms. The van der Waals surface area contributed by atoms with Gasteiger partial charge < -0.3 is 9.84 Å². The number of hydrogen-bond acceptors (Lipinski definition) is 5. The fraction of sp³-hybridized carbons (Fsp3) is 0.300. The Labute approximate surface area is 91.6 Å². The van der Waals surface area contributed by atoms with Crippen LogP contribution >= 0.6 is 0 Å². The van der Waals surface area contributed by atoms with Crippen molar-refractivity contribution in [3.63, 3.8) is 0 Å². The van der Waals surface area contributed by atoms with Gasteiger partial charge in [0.15, 0.2) is 0 Å². The summed E-state index contributed by atoms with van der Waals surface area (Å²) in [6.07, 6.45) is -1.17. The highest BCUT2D eigenvalue weighted by atomic mass is 16.6. The van der Waals surface area contributed by atoms with Gasteiger partial charge in [-0.25, -0.2) is 4.79 Å². The third kappa shape index (κ3) is 3.03. The van der Waals surface area contributed by atoms with Gasteiger partial charge in [0.1, 0.15) is 6.10 Å². The lowest BCUT2D eigenvalue weighted by Crippen LogP contribution is -2.12. The molecule has 1 aromatic carbocycles. The van der Waals surface area contributed by atoms with Gasteiger partial charge in [-0.1, -0.05) is 12.1 Å². The molecule has 0 aliphatic heterocycles. The Morgan fingerprint density at radius 2 is 2.06 bits per heavy atom. The number of aliphatic hydroxyl groups excluding tert-OH is 1. The van der Waals surface area contributed by atoms with Gasteiger partial charge in [0.05, 0.1) is 12.7 Å². The fourth-order valence-corrected chi connectivity index (χ4v) is 1.21. The van der Waals surface area contributed by atoms with Crippen molar-refractivity contribution in [3.05, 3.63) is 45.5 Å². The van der Waals surface area contributed by atoms with Crippen molar-refractivity contribution in [3.8, 4) is 0 Å². The first-order valence-electron chi connectivity index (χ1n) is 4.52. The monoisotopic (exact) mass is 225 g/mol. The number of carbonyl (C=O) groups excluding carboxylic acids is 1. The minimum Gasteiger partial charge on any atom is -0.465 e. The zero-order valence-electron chi connectivity index (χ0n) is 8.62. The molecule has 1 aromatic rings. The number of rotatable bonds is 4. The second-order valence-corrected chi connectivity index (χ2v) is 3.14. The van der Waals surface area contributed by atoms with Gasteiger partial charge in [0.2, 0.25) is 6.54 Å². The lowest BCUT2D eigenvalue weighted by Gasteiger charge is -2.06. The van der Waals surface area contributed by atoms with Gasteiger partial charge in [-0.2, -0.15) is 0 Å². The normalized spacial score (nSPS) is 11.9. The van der Waals surface area contributed by atoms with Crippen molar-refractivity contribution in [2.45, 2.75) is 6.10 Å². The number of ether oxygens (including phenoxy) is 1. The summed E-state index contributed by atoms with van der Waals surface area (Å²) in [5.74, 6) is -0.490. The van der Waals surface area contributed by atoms with Crippen LogP contribution in [0.4, 0.5) is 0 Å². The minimum absolute atomic E-state index is 0.333. The first kappa shape index (κ1) is 12.1. The standard InChI is InChI=1S/C10H11NO5/c1-16-10(13)8-4-2-7(3-5-8)9(12)6-11(14)15/h2-5,9,12H,6H2,1H3/t9-/m0/s1. The molecule has 0 heterocycles. The first-order chi connectivity index (χ1) is 7.54. The van der Waals surface area contributed by atoms with Crippen LogP contribution in [-0.2, 0) is 4.74 Å². The molecule has 86 valence electrons. The quantitative estimate of drug-likeness (QED) is 0.464. The molecule has 1 N–H and O–H groups in total. The number of nitro groups is 1. The van der Waals surface area contributed by atoms with E-state index in [1.54, 1.807) is 0 Å². The van der Waals surface area contributed by atoms with E-state index in [4.69, 9.17) is 0 Å². The highest BCUT2D eigenvalue weighted by Gasteiger charge is 2.14. The molecule has 0 aliphatic rings. The number of nitrogens with zero attached hydrogens (tertiary/aromatic N) is 1. The molecule has 0 bridgehead atoms. The molecule has 0 aromatic heterocycles. The lowest BCUT2D eigenvalue weighted by molar-refractivity contribution is -0.491. The van der Waals surface area contributed by atoms with Crippen LogP contribution in [0.3, 0.4) is 0 Å². The molecule has 6 nitrogen and oxygen atoms in total. The van der Waals surface area contributed by atoms with Crippen LogP contribution in [-0.4, -0.2) is 29.7 Å². The first-order valence-corrected chi connectivity index (χ1v) is 4.52. The molecule has 6 heteroatoms. The van der Waals surface area contributed by atoms with E-state index in [1.807, 2.05) is 0 Å². The molecule has 0 amide bonds. The Morgan fingerprint density at radius 1 is 1.50 bits per heavy atom. The summed E-state index contributed by atoms with van der Waals surface area (Å²) in [4.78, 5) is 20.7. The second kappa shape index (κ2) is 5.22. The maximum atomic E-state index is 11.1. The van der Waals surface area contributed by atoms with Crippen LogP contribution in [0.1, 0.15) is 22.0 Å². The molecule has 0 saturated carbocycles. The Bertz CT molecular complexity index is 387. The van der Waals surface area contributed by atoms with Crippen LogP contribution < -0.4 is 0 Å². The Morgan fingerprint density at radius 3 is 2.50 bits per heavy atom. The van der Waals surface area contributed by atoms with Crippen molar-refractivity contribution in [1.82, 2.24) is 0 Å². The summed E-state index contributed by atoms with van der Waals surface area (Å²) >= 11 is 0. The average Bonchev–Trinajstić information content (AvgIpc) is 2.27. The molecule has 1 rings (SSSR count). The zero-order valence-corrected chi connectivity index (χ0v) is 8.62. The summed E-state index contributed by atoms with van der Waals surface area (Å²) in [7, 11) is 1.26. The molecule has 0 unspecified atom stereocenters. The predicted octanol–water partition coefficient (Wildman–Crippen LogP) is 0.783. The summed E-state index contributed by atoms with van der Waals surface area (Å²) < 4.78 is 4.49. The molecular weight excluding hydrogens is 214 g/mol. The van der Waals surface area contributed by atoms with Crippen LogP contribution in [0.25, 0.3) is 0 Å². The van der Waals surface area contributed by atoms with Crippen molar-refractivity contribution in [1.29, 1.82) is 0 Å². The summed E-state index contributed by atoms with van der Waals surface area (Å²) in [6.45, 7) is -0.558. The van der Waals surface area contributed by atoms with Gasteiger partial charge in [0.25, 0.3) is 0 Å². The number of esters is 1. The third-order valence-corrected chi connectivity index (χ3v) is 2.04. The number of aliphatic hydroxyl groups is 1. The van der Waals surface area contributed by atoms with Gasteiger partial charge in [-0.05, 0) is 17.7 Å². The minimum atomic E-state index is -1.17. The molecule has 0 spiro atoms. The van der Waals surface area contributed by atoms with Gasteiger partial charge in [-0.15, -0.1) is 0 Å². The molecule has 0 saturated heterocycles. The van der Waals surface area contributed by atoms with E-state index in [9.17, 15) is 20.0 Å². The highest BCUT2D eigenvalue weighted by Crippen LogP contribution is 2.14. The Balaban J connectivity index is 2.78. The van der Waals surface area contributed by atoms with Gasteiger partial charge >= 0.3 is 5.97 Å². The Hall–Kier alpha value is -1.95. The number of benzene rings is 1. The lowest BCUT2D eigenvalue weighted by atomic mass is 10.1. The fourth-order valence-electron chi connectivity index (χ4n) is 1.21. The van der Waals surface area contributed by atoms with Crippen molar-refractivity contribution in [2.75, 3.05) is 13.7 Å². The largest absolute Gasteiger partial charge is 0.465 e. The van der Waals surface area contributed by atoms with E-state index in [2.05, 4.69) is 4.74 Å². The SMILES string of the molecule is COC(=O)c1ccc([C@@H](O)C[N+](=O)[O-])cc1. The van der Waals surface area contributed by atoms with Crippen molar-refractivity contribution >= 4 is 5.97 Å². The molecule has 0 aliphatic carbocycles. The molecule has 1 atom stereocenters. The maximum absolute atomic E-state index is 11.1. The van der Waals surface area contributed by atoms with E-state index >= 15 is 0 Å². The summed E-state index contributed by atoms with van der Waals surface area (Å²) in [6, 6.07) is 5.81. The van der Waals surface area contributed by atoms with E-state index in [-0.39, 0.29) is 0 Å². The summed E-state index contributed by atoms with van der Waals surface area (Å²) in [5.41, 5.74) is 0.726. The zero-order chi connectivity index (χ0) is 12.1.